The minimum Gasteiger partial charge on any atom is -0.339 e. The molecule has 0 saturated heterocycles. The average molecular weight is 496 g/mol. The lowest BCUT2D eigenvalue weighted by Gasteiger charge is -2.15. The van der Waals surface area contributed by atoms with Gasteiger partial charge in [-0.25, -0.2) is 5.48 Å². The molecule has 2 aromatic rings. The number of hydrogen-bond acceptors (Lipinski definition) is 6. The van der Waals surface area contributed by atoms with Crippen LogP contribution in [0.25, 0.3) is 0 Å². The first-order valence-corrected chi connectivity index (χ1v) is 11.5. The number of hydrogen-bond donors (Lipinski definition) is 5. The predicted molar refractivity (Wildman–Crippen MR) is 141 cm³/mol. The van der Waals surface area contributed by atoms with Gasteiger partial charge in [0.15, 0.2) is 0 Å². The van der Waals surface area contributed by atoms with Crippen LogP contribution in [0.1, 0.15) is 55.1 Å². The van der Waals surface area contributed by atoms with E-state index in [0.29, 0.717) is 23.4 Å². The molecule has 9 nitrogen and oxygen atoms in total. The van der Waals surface area contributed by atoms with Gasteiger partial charge in [-0.1, -0.05) is 39.0 Å². The molecule has 0 bridgehead atoms. The van der Waals surface area contributed by atoms with E-state index in [9.17, 15) is 14.4 Å². The minimum atomic E-state index is -1.04. The first kappa shape index (κ1) is 30.3. The number of carbonyl (C=O) groups is 3. The Bertz CT molecular complexity index is 1040. The molecule has 0 unspecified atom stereocenters. The Morgan fingerprint density at radius 3 is 2.11 bits per heavy atom. The summed E-state index contributed by atoms with van der Waals surface area (Å²) in [6.45, 7) is 3.25. The molecular formula is C27H37N5O4. The van der Waals surface area contributed by atoms with Gasteiger partial charge in [0, 0.05) is 28.9 Å². The summed E-state index contributed by atoms with van der Waals surface area (Å²) < 4.78 is 0. The van der Waals surface area contributed by atoms with E-state index in [-0.39, 0.29) is 19.9 Å². The zero-order chi connectivity index (χ0) is 25.6. The summed E-state index contributed by atoms with van der Waals surface area (Å²) in [5.41, 5.74) is 9.43. The topological polar surface area (TPSA) is 137 Å². The Balaban J connectivity index is 0.00000648. The Hall–Kier alpha value is -3.71. The van der Waals surface area contributed by atoms with Crippen LogP contribution in [0.5, 0.6) is 0 Å². The normalized spacial score (nSPS) is 10.9. The van der Waals surface area contributed by atoms with Crippen LogP contribution in [0, 0.1) is 11.8 Å². The monoisotopic (exact) mass is 495 g/mol. The molecule has 36 heavy (non-hydrogen) atoms. The van der Waals surface area contributed by atoms with E-state index in [1.807, 2.05) is 36.2 Å². The van der Waals surface area contributed by atoms with Gasteiger partial charge in [-0.3, -0.25) is 24.5 Å². The van der Waals surface area contributed by atoms with Gasteiger partial charge in [0.05, 0.1) is 6.54 Å². The molecule has 1 atom stereocenters. The molecule has 0 fully saturated rings. The Labute approximate surface area is 213 Å². The van der Waals surface area contributed by atoms with Crippen LogP contribution < -0.4 is 21.8 Å². The molecule has 0 aliphatic rings. The maximum Gasteiger partial charge on any atom is 0.267 e. The molecule has 0 aromatic heterocycles. The highest BCUT2D eigenvalue weighted by Gasteiger charge is 2.19. The number of anilines is 1. The van der Waals surface area contributed by atoms with Crippen LogP contribution in [-0.2, 0) is 9.59 Å². The SMILES string of the molecule is C.CCCCCN(C)CC(=O)Nc1ccc(C#Cc2ccc(C(=O)N[C@@H](CN)C(=O)NO)cc2)cc1. The number of carbonyl (C=O) groups excluding carboxylic acids is 3. The van der Waals surface area contributed by atoms with Crippen molar-refractivity contribution in [2.24, 2.45) is 5.73 Å². The number of amides is 3. The number of hydroxylamine groups is 1. The number of benzene rings is 2. The number of likely N-dealkylation sites (N-methyl/N-ethyl adjacent to an activating group) is 1. The number of nitrogens with one attached hydrogen (secondary N) is 3. The van der Waals surface area contributed by atoms with Crippen molar-refractivity contribution in [3.63, 3.8) is 0 Å². The molecule has 0 spiro atoms. The Morgan fingerprint density at radius 2 is 1.58 bits per heavy atom. The Kier molecular flexibility index (Phi) is 13.5. The van der Waals surface area contributed by atoms with E-state index in [1.165, 1.54) is 5.48 Å². The highest BCUT2D eigenvalue weighted by Crippen LogP contribution is 2.10. The van der Waals surface area contributed by atoms with Crippen molar-refractivity contribution in [1.29, 1.82) is 0 Å². The van der Waals surface area contributed by atoms with Gasteiger partial charge in [0.2, 0.25) is 5.91 Å². The first-order valence-electron chi connectivity index (χ1n) is 11.5. The lowest BCUT2D eigenvalue weighted by molar-refractivity contribution is -0.130. The summed E-state index contributed by atoms with van der Waals surface area (Å²) in [5.74, 6) is 4.74. The van der Waals surface area contributed by atoms with Crippen LogP contribution in [-0.4, -0.2) is 60.6 Å². The van der Waals surface area contributed by atoms with Gasteiger partial charge >= 0.3 is 0 Å². The number of rotatable bonds is 11. The maximum atomic E-state index is 12.3. The zero-order valence-corrected chi connectivity index (χ0v) is 20.1. The predicted octanol–water partition coefficient (Wildman–Crippen LogP) is 2.35. The Morgan fingerprint density at radius 1 is 1.00 bits per heavy atom. The van der Waals surface area contributed by atoms with Crippen LogP contribution in [0.2, 0.25) is 0 Å². The second-order valence-electron chi connectivity index (χ2n) is 8.14. The van der Waals surface area contributed by atoms with E-state index in [4.69, 9.17) is 10.9 Å². The fourth-order valence-electron chi connectivity index (χ4n) is 3.19. The second kappa shape index (κ2) is 16.1. The highest BCUT2D eigenvalue weighted by atomic mass is 16.5. The van der Waals surface area contributed by atoms with Gasteiger partial charge in [-0.2, -0.15) is 0 Å². The third-order valence-electron chi connectivity index (χ3n) is 5.19. The van der Waals surface area contributed by atoms with E-state index in [2.05, 4.69) is 29.4 Å². The van der Waals surface area contributed by atoms with Crippen molar-refractivity contribution in [3.05, 3.63) is 65.2 Å². The van der Waals surface area contributed by atoms with Gasteiger partial charge < -0.3 is 16.4 Å². The molecule has 9 heteroatoms. The highest BCUT2D eigenvalue weighted by molar-refractivity contribution is 5.97. The zero-order valence-electron chi connectivity index (χ0n) is 20.1. The molecule has 0 saturated carbocycles. The lowest BCUT2D eigenvalue weighted by Crippen LogP contribution is -2.50. The molecular weight excluding hydrogens is 458 g/mol. The summed E-state index contributed by atoms with van der Waals surface area (Å²) in [4.78, 5) is 37.9. The molecule has 194 valence electrons. The quantitative estimate of drug-likeness (QED) is 0.140. The summed E-state index contributed by atoms with van der Waals surface area (Å²) in [6, 6.07) is 12.8. The van der Waals surface area contributed by atoms with E-state index in [1.54, 1.807) is 24.3 Å². The standard InChI is InChI=1S/C26H33N5O4.CH4/c1-3-4-5-16-31(2)18-24(32)28-22-14-10-20(11-15-22)7-6-19-8-12-21(13-9-19)25(33)29-23(17-27)26(34)30-35;/h8-15,23,35H,3-5,16-18,27H2,1-2H3,(H,28,32)(H,29,33)(H,30,34);1H4/t23-;/m0./s1. The largest absolute Gasteiger partial charge is 0.339 e. The number of nitrogens with two attached hydrogens (primary N) is 1. The lowest BCUT2D eigenvalue weighted by atomic mass is 10.1. The number of nitrogens with zero attached hydrogens (tertiary/aromatic N) is 1. The van der Waals surface area contributed by atoms with Crippen molar-refractivity contribution in [3.8, 4) is 11.8 Å². The smallest absolute Gasteiger partial charge is 0.267 e. The van der Waals surface area contributed by atoms with E-state index < -0.39 is 17.9 Å². The fraction of sp³-hybridized carbons (Fsp3) is 0.370. The van der Waals surface area contributed by atoms with Crippen LogP contribution in [0.15, 0.2) is 48.5 Å². The molecule has 0 heterocycles. The van der Waals surface area contributed by atoms with Crippen molar-refractivity contribution in [2.75, 3.05) is 32.0 Å². The summed E-state index contributed by atoms with van der Waals surface area (Å²) >= 11 is 0. The van der Waals surface area contributed by atoms with Crippen LogP contribution in [0.3, 0.4) is 0 Å². The molecule has 2 aromatic carbocycles. The molecule has 0 aliphatic heterocycles. The second-order valence-corrected chi connectivity index (χ2v) is 8.14. The van der Waals surface area contributed by atoms with Gasteiger partial charge in [-0.05, 0) is 68.5 Å². The maximum absolute atomic E-state index is 12.3. The van der Waals surface area contributed by atoms with Crippen LogP contribution >= 0.6 is 0 Å². The molecule has 2 rings (SSSR count). The summed E-state index contributed by atoms with van der Waals surface area (Å²) in [7, 11) is 1.94. The van der Waals surface area contributed by atoms with Crippen molar-refractivity contribution in [1.82, 2.24) is 15.7 Å². The van der Waals surface area contributed by atoms with Crippen molar-refractivity contribution < 1.29 is 19.6 Å². The fourth-order valence-corrected chi connectivity index (χ4v) is 3.19. The third kappa shape index (κ3) is 10.3. The summed E-state index contributed by atoms with van der Waals surface area (Å²) in [5, 5.41) is 14.0. The van der Waals surface area contributed by atoms with Gasteiger partial charge in [0.1, 0.15) is 6.04 Å². The molecule has 3 amide bonds. The minimum absolute atomic E-state index is 0. The van der Waals surface area contributed by atoms with Gasteiger partial charge in [-0.15, -0.1) is 0 Å². The average Bonchev–Trinajstić information content (AvgIpc) is 2.86. The number of unbranched alkanes of at least 4 members (excludes halogenated alkanes) is 2. The van der Waals surface area contributed by atoms with Crippen molar-refractivity contribution in [2.45, 2.75) is 39.7 Å². The summed E-state index contributed by atoms with van der Waals surface area (Å²) in [6.07, 6.45) is 3.40. The van der Waals surface area contributed by atoms with Crippen molar-refractivity contribution >= 4 is 23.4 Å². The molecule has 0 aliphatic carbocycles. The first-order chi connectivity index (χ1) is 16.9. The third-order valence-corrected chi connectivity index (χ3v) is 5.19. The van der Waals surface area contributed by atoms with E-state index >= 15 is 0 Å². The van der Waals surface area contributed by atoms with E-state index in [0.717, 1.165) is 31.4 Å². The van der Waals surface area contributed by atoms with Gasteiger partial charge in [0.25, 0.3) is 11.8 Å². The molecule has 0 radical (unpaired) electrons. The van der Waals surface area contributed by atoms with Crippen LogP contribution in [0.4, 0.5) is 5.69 Å². The molecule has 6 N–H and O–H groups in total.